The quantitative estimate of drug-likeness (QED) is 0.915. The first-order valence-corrected chi connectivity index (χ1v) is 5.90. The van der Waals surface area contributed by atoms with E-state index >= 15 is 0 Å². The van der Waals surface area contributed by atoms with Crippen LogP contribution in [0.4, 0.5) is 5.82 Å². The van der Waals surface area contributed by atoms with Crippen LogP contribution in [-0.4, -0.2) is 9.97 Å². The Balaban J connectivity index is 2.17. The molecular formula is C12H11Cl2N3. The van der Waals surface area contributed by atoms with Crippen LogP contribution in [0.3, 0.4) is 0 Å². The van der Waals surface area contributed by atoms with E-state index in [1.165, 1.54) is 0 Å². The molecule has 0 aliphatic rings. The predicted molar refractivity (Wildman–Crippen MR) is 70.5 cm³/mol. The lowest BCUT2D eigenvalue weighted by atomic mass is 10.1. The second-order valence-corrected chi connectivity index (χ2v) is 4.47. The maximum Gasteiger partial charge on any atom is 0.144 e. The molecule has 0 saturated carbocycles. The number of benzene rings is 1. The first-order valence-electron chi connectivity index (χ1n) is 5.14. The minimum absolute atomic E-state index is 0.0384. The Bertz CT molecular complexity index is 502. The molecule has 5 heteroatoms. The van der Waals surface area contributed by atoms with Crippen LogP contribution in [0.1, 0.15) is 18.5 Å². The number of nitrogens with zero attached hydrogens (tertiary/aromatic N) is 2. The maximum absolute atomic E-state index is 6.13. The first-order chi connectivity index (χ1) is 8.16. The summed E-state index contributed by atoms with van der Waals surface area (Å²) in [4.78, 5) is 8.14. The van der Waals surface area contributed by atoms with Crippen LogP contribution in [0.5, 0.6) is 0 Å². The molecule has 88 valence electrons. The normalized spacial score (nSPS) is 12.2. The van der Waals surface area contributed by atoms with Crippen LogP contribution < -0.4 is 5.32 Å². The summed E-state index contributed by atoms with van der Waals surface area (Å²) in [6.45, 7) is 2.00. The van der Waals surface area contributed by atoms with Gasteiger partial charge in [0.2, 0.25) is 0 Å². The van der Waals surface area contributed by atoms with Gasteiger partial charge in [0.1, 0.15) is 5.82 Å². The number of hydrogen-bond acceptors (Lipinski definition) is 3. The molecule has 0 bridgehead atoms. The zero-order chi connectivity index (χ0) is 12.3. The Hall–Kier alpha value is -1.32. The monoisotopic (exact) mass is 267 g/mol. The number of halogens is 2. The molecule has 0 aliphatic carbocycles. The van der Waals surface area contributed by atoms with Gasteiger partial charge in [0.25, 0.3) is 0 Å². The highest BCUT2D eigenvalue weighted by atomic mass is 35.5. The van der Waals surface area contributed by atoms with Gasteiger partial charge in [-0.05, 0) is 24.6 Å². The van der Waals surface area contributed by atoms with E-state index in [2.05, 4.69) is 15.3 Å². The lowest BCUT2D eigenvalue weighted by Crippen LogP contribution is -2.08. The number of aromatic nitrogens is 2. The van der Waals surface area contributed by atoms with Crippen molar-refractivity contribution in [2.75, 3.05) is 5.32 Å². The molecule has 2 aromatic rings. The molecule has 3 nitrogen and oxygen atoms in total. The van der Waals surface area contributed by atoms with Crippen LogP contribution in [0, 0.1) is 0 Å². The predicted octanol–water partition coefficient (Wildman–Crippen LogP) is 3.96. The van der Waals surface area contributed by atoms with Crippen molar-refractivity contribution in [1.29, 1.82) is 0 Å². The minimum atomic E-state index is 0.0384. The van der Waals surface area contributed by atoms with Crippen molar-refractivity contribution in [3.05, 3.63) is 52.4 Å². The highest BCUT2D eigenvalue weighted by Gasteiger charge is 2.10. The van der Waals surface area contributed by atoms with Crippen LogP contribution in [0.15, 0.2) is 36.8 Å². The van der Waals surface area contributed by atoms with Crippen molar-refractivity contribution in [2.45, 2.75) is 13.0 Å². The van der Waals surface area contributed by atoms with E-state index in [0.29, 0.717) is 15.9 Å². The summed E-state index contributed by atoms with van der Waals surface area (Å²) in [7, 11) is 0. The number of hydrogen-bond donors (Lipinski definition) is 1. The lowest BCUT2D eigenvalue weighted by molar-refractivity contribution is 0.871. The number of rotatable bonds is 3. The zero-order valence-electron chi connectivity index (χ0n) is 9.19. The molecule has 0 amide bonds. The van der Waals surface area contributed by atoms with Crippen molar-refractivity contribution < 1.29 is 0 Å². The Morgan fingerprint density at radius 3 is 2.71 bits per heavy atom. The van der Waals surface area contributed by atoms with Gasteiger partial charge in [-0.15, -0.1) is 0 Å². The fourth-order valence-corrected chi connectivity index (χ4v) is 2.10. The van der Waals surface area contributed by atoms with Gasteiger partial charge >= 0.3 is 0 Å². The molecule has 0 aliphatic heterocycles. The summed E-state index contributed by atoms with van der Waals surface area (Å²) in [6.07, 6.45) is 4.93. The van der Waals surface area contributed by atoms with Gasteiger partial charge in [-0.2, -0.15) is 0 Å². The summed E-state index contributed by atoms with van der Waals surface area (Å²) < 4.78 is 0. The minimum Gasteiger partial charge on any atom is -0.362 e. The van der Waals surface area contributed by atoms with E-state index in [9.17, 15) is 0 Å². The van der Waals surface area contributed by atoms with Crippen molar-refractivity contribution >= 4 is 29.0 Å². The second kappa shape index (κ2) is 5.34. The van der Waals surface area contributed by atoms with Crippen molar-refractivity contribution in [3.63, 3.8) is 0 Å². The van der Waals surface area contributed by atoms with Gasteiger partial charge in [-0.1, -0.05) is 29.3 Å². The van der Waals surface area contributed by atoms with Crippen LogP contribution in [0.25, 0.3) is 0 Å². The summed E-state index contributed by atoms with van der Waals surface area (Å²) >= 11 is 12.0. The topological polar surface area (TPSA) is 37.8 Å². The third-order valence-corrected chi connectivity index (χ3v) is 2.92. The van der Waals surface area contributed by atoms with Crippen molar-refractivity contribution in [2.24, 2.45) is 0 Å². The molecule has 1 heterocycles. The third-order valence-electron chi connectivity index (χ3n) is 2.36. The standard InChI is InChI=1S/C12H11Cl2N3/c1-8(17-12-7-15-4-5-16-12)10-3-2-9(13)6-11(10)14/h2-8H,1H3,(H,16,17). The number of anilines is 1. The van der Waals surface area contributed by atoms with Gasteiger partial charge in [-0.25, -0.2) is 4.98 Å². The zero-order valence-corrected chi connectivity index (χ0v) is 10.7. The van der Waals surface area contributed by atoms with Gasteiger partial charge in [-0.3, -0.25) is 4.98 Å². The fraction of sp³-hybridized carbons (Fsp3) is 0.167. The smallest absolute Gasteiger partial charge is 0.144 e. The molecule has 17 heavy (non-hydrogen) atoms. The van der Waals surface area contributed by atoms with Gasteiger partial charge in [0.15, 0.2) is 0 Å². The van der Waals surface area contributed by atoms with Crippen LogP contribution in [0.2, 0.25) is 10.0 Å². The maximum atomic E-state index is 6.13. The summed E-state index contributed by atoms with van der Waals surface area (Å²) in [5.74, 6) is 0.714. The van der Waals surface area contributed by atoms with E-state index < -0.39 is 0 Å². The average molecular weight is 268 g/mol. The van der Waals surface area contributed by atoms with E-state index in [-0.39, 0.29) is 6.04 Å². The van der Waals surface area contributed by atoms with Gasteiger partial charge in [0.05, 0.1) is 12.2 Å². The van der Waals surface area contributed by atoms with Crippen LogP contribution >= 0.6 is 23.2 Å². The second-order valence-electron chi connectivity index (χ2n) is 3.62. The lowest BCUT2D eigenvalue weighted by Gasteiger charge is -2.16. The summed E-state index contributed by atoms with van der Waals surface area (Å²) in [5, 5.41) is 4.49. The van der Waals surface area contributed by atoms with E-state index in [1.54, 1.807) is 24.7 Å². The molecule has 0 fully saturated rings. The van der Waals surface area contributed by atoms with Crippen molar-refractivity contribution in [3.8, 4) is 0 Å². The molecule has 0 radical (unpaired) electrons. The third kappa shape index (κ3) is 3.08. The molecule has 0 saturated heterocycles. The van der Waals surface area contributed by atoms with E-state index in [0.717, 1.165) is 5.56 Å². The molecule has 1 unspecified atom stereocenters. The highest BCUT2D eigenvalue weighted by Crippen LogP contribution is 2.27. The summed E-state index contributed by atoms with van der Waals surface area (Å²) in [5.41, 5.74) is 0.974. The molecular weight excluding hydrogens is 257 g/mol. The Morgan fingerprint density at radius 2 is 2.06 bits per heavy atom. The van der Waals surface area contributed by atoms with Crippen molar-refractivity contribution in [1.82, 2.24) is 9.97 Å². The Labute approximate surface area is 110 Å². The first kappa shape index (κ1) is 12.1. The van der Waals surface area contributed by atoms with E-state index in [4.69, 9.17) is 23.2 Å². The van der Waals surface area contributed by atoms with Gasteiger partial charge < -0.3 is 5.32 Å². The summed E-state index contributed by atoms with van der Waals surface area (Å²) in [6, 6.07) is 5.49. The molecule has 1 atom stereocenters. The largest absolute Gasteiger partial charge is 0.362 e. The molecule has 2 rings (SSSR count). The Kier molecular flexibility index (Phi) is 3.82. The molecule has 1 N–H and O–H groups in total. The number of nitrogens with one attached hydrogen (secondary N) is 1. The van der Waals surface area contributed by atoms with E-state index in [1.807, 2.05) is 19.1 Å². The highest BCUT2D eigenvalue weighted by molar-refractivity contribution is 6.35. The molecule has 1 aromatic carbocycles. The molecule has 0 spiro atoms. The Morgan fingerprint density at radius 1 is 1.24 bits per heavy atom. The van der Waals surface area contributed by atoms with Gasteiger partial charge in [0, 0.05) is 22.4 Å². The SMILES string of the molecule is CC(Nc1cnccn1)c1ccc(Cl)cc1Cl. The average Bonchev–Trinajstić information content (AvgIpc) is 2.30. The molecule has 1 aromatic heterocycles. The van der Waals surface area contributed by atoms with Crippen LogP contribution in [-0.2, 0) is 0 Å². The fourth-order valence-electron chi connectivity index (χ4n) is 1.53.